The number of para-hydroxylation sites is 1. The number of benzene rings is 1. The first-order valence-corrected chi connectivity index (χ1v) is 8.79. The van der Waals surface area contributed by atoms with E-state index < -0.39 is 12.0 Å². The fraction of sp³-hybridized carbons (Fsp3) is 0.438. The van der Waals surface area contributed by atoms with Crippen LogP contribution in [0.4, 0.5) is 5.69 Å². The summed E-state index contributed by atoms with van der Waals surface area (Å²) in [6.45, 7) is 0.994. The quantitative estimate of drug-likeness (QED) is 0.580. The summed E-state index contributed by atoms with van der Waals surface area (Å²) in [7, 11) is 1.28. The van der Waals surface area contributed by atoms with Crippen molar-refractivity contribution in [2.24, 2.45) is 0 Å². The zero-order valence-corrected chi connectivity index (χ0v) is 14.5. The van der Waals surface area contributed by atoms with Crippen molar-refractivity contribution in [2.75, 3.05) is 38.3 Å². The molecule has 0 unspecified atom stereocenters. The molecule has 1 aromatic carbocycles. The van der Waals surface area contributed by atoms with E-state index in [1.54, 1.807) is 16.7 Å². The summed E-state index contributed by atoms with van der Waals surface area (Å²) < 4.78 is 4.63. The molecule has 0 aromatic heterocycles. The summed E-state index contributed by atoms with van der Waals surface area (Å²) in [6.07, 6.45) is 1.86. The Kier molecular flexibility index (Phi) is 6.62. The Morgan fingerprint density at radius 3 is 2.88 bits per heavy atom. The highest BCUT2D eigenvalue weighted by Crippen LogP contribution is 2.24. The number of piperazine rings is 1. The number of thioether (sulfide) groups is 1. The normalized spacial score (nSPS) is 17.9. The molecular formula is C16H21N3O4S. The molecule has 0 saturated carbocycles. The van der Waals surface area contributed by atoms with Crippen LogP contribution in [0.3, 0.4) is 0 Å². The molecule has 2 N–H and O–H groups in total. The lowest BCUT2D eigenvalue weighted by Crippen LogP contribution is -2.57. The molecule has 24 heavy (non-hydrogen) atoms. The lowest BCUT2D eigenvalue weighted by Gasteiger charge is -2.33. The number of esters is 1. The maximum atomic E-state index is 12.3. The van der Waals surface area contributed by atoms with Gasteiger partial charge in [0.15, 0.2) is 0 Å². The van der Waals surface area contributed by atoms with Crippen LogP contribution >= 0.6 is 11.8 Å². The smallest absolute Gasteiger partial charge is 0.307 e. The molecule has 1 fully saturated rings. The van der Waals surface area contributed by atoms with Crippen LogP contribution in [-0.4, -0.2) is 61.7 Å². The van der Waals surface area contributed by atoms with Crippen molar-refractivity contribution in [2.45, 2.75) is 17.4 Å². The van der Waals surface area contributed by atoms with Gasteiger partial charge < -0.3 is 15.4 Å². The number of nitrogens with zero attached hydrogens (tertiary/aromatic N) is 1. The van der Waals surface area contributed by atoms with Gasteiger partial charge >= 0.3 is 5.97 Å². The summed E-state index contributed by atoms with van der Waals surface area (Å²) in [5.74, 6) is -0.958. The number of hydrogen-bond acceptors (Lipinski definition) is 6. The first-order valence-electron chi connectivity index (χ1n) is 7.56. The zero-order chi connectivity index (χ0) is 17.5. The van der Waals surface area contributed by atoms with Crippen LogP contribution in [0.15, 0.2) is 29.2 Å². The van der Waals surface area contributed by atoms with E-state index in [-0.39, 0.29) is 24.8 Å². The maximum Gasteiger partial charge on any atom is 0.307 e. The molecule has 0 aliphatic carbocycles. The van der Waals surface area contributed by atoms with E-state index in [1.165, 1.54) is 7.11 Å². The van der Waals surface area contributed by atoms with Crippen LogP contribution in [0.1, 0.15) is 6.42 Å². The number of carbonyl (C=O) groups is 3. The molecule has 8 heteroatoms. The largest absolute Gasteiger partial charge is 0.469 e. The van der Waals surface area contributed by atoms with Gasteiger partial charge in [0.25, 0.3) is 0 Å². The number of nitrogens with one attached hydrogen (secondary N) is 2. The van der Waals surface area contributed by atoms with Crippen LogP contribution in [0.25, 0.3) is 0 Å². The molecule has 1 aliphatic rings. The Hall–Kier alpha value is -2.06. The Labute approximate surface area is 145 Å². The Balaban J connectivity index is 2.02. The summed E-state index contributed by atoms with van der Waals surface area (Å²) >= 11 is 1.54. The predicted octanol–water partition coefficient (Wildman–Crippen LogP) is 0.711. The Morgan fingerprint density at radius 2 is 2.17 bits per heavy atom. The van der Waals surface area contributed by atoms with Crippen molar-refractivity contribution in [3.8, 4) is 0 Å². The van der Waals surface area contributed by atoms with E-state index in [9.17, 15) is 14.4 Å². The van der Waals surface area contributed by atoms with Gasteiger partial charge in [0, 0.05) is 18.0 Å². The third kappa shape index (κ3) is 4.72. The van der Waals surface area contributed by atoms with Gasteiger partial charge in [-0.15, -0.1) is 11.8 Å². The van der Waals surface area contributed by atoms with Crippen molar-refractivity contribution in [3.63, 3.8) is 0 Å². The van der Waals surface area contributed by atoms with E-state index in [0.29, 0.717) is 13.1 Å². The van der Waals surface area contributed by atoms with Gasteiger partial charge in [-0.3, -0.25) is 19.3 Å². The van der Waals surface area contributed by atoms with E-state index in [0.717, 1.165) is 10.6 Å². The highest BCUT2D eigenvalue weighted by molar-refractivity contribution is 7.98. The predicted molar refractivity (Wildman–Crippen MR) is 91.9 cm³/mol. The molecule has 0 spiro atoms. The molecule has 0 bridgehead atoms. The van der Waals surface area contributed by atoms with Gasteiger partial charge in [0.05, 0.1) is 25.8 Å². The number of carbonyl (C=O) groups excluding carboxylic acids is 3. The van der Waals surface area contributed by atoms with Crippen molar-refractivity contribution in [3.05, 3.63) is 24.3 Å². The third-order valence-electron chi connectivity index (χ3n) is 3.76. The van der Waals surface area contributed by atoms with Gasteiger partial charge in [0.2, 0.25) is 11.8 Å². The SMILES string of the molecule is COC(=O)C[C@@H]1C(=O)NCCN1CC(=O)Nc1ccccc1SC. The minimum absolute atomic E-state index is 0.0395. The summed E-state index contributed by atoms with van der Waals surface area (Å²) in [5, 5.41) is 5.57. The Morgan fingerprint density at radius 1 is 1.42 bits per heavy atom. The Bertz CT molecular complexity index is 623. The average Bonchev–Trinajstić information content (AvgIpc) is 2.58. The van der Waals surface area contributed by atoms with E-state index in [2.05, 4.69) is 15.4 Å². The molecular weight excluding hydrogens is 330 g/mol. The first kappa shape index (κ1) is 18.3. The van der Waals surface area contributed by atoms with Crippen LogP contribution in [0, 0.1) is 0 Å². The van der Waals surface area contributed by atoms with E-state index >= 15 is 0 Å². The molecule has 130 valence electrons. The van der Waals surface area contributed by atoms with Gasteiger partial charge in [-0.2, -0.15) is 0 Å². The third-order valence-corrected chi connectivity index (χ3v) is 4.55. The monoisotopic (exact) mass is 351 g/mol. The molecule has 2 rings (SSSR count). The van der Waals surface area contributed by atoms with Crippen LogP contribution in [0.2, 0.25) is 0 Å². The average molecular weight is 351 g/mol. The second-order valence-electron chi connectivity index (χ2n) is 5.31. The van der Waals surface area contributed by atoms with Crippen LogP contribution < -0.4 is 10.6 Å². The zero-order valence-electron chi connectivity index (χ0n) is 13.7. The van der Waals surface area contributed by atoms with E-state index in [1.807, 2.05) is 30.5 Å². The first-order chi connectivity index (χ1) is 11.5. The van der Waals surface area contributed by atoms with Crippen molar-refractivity contribution in [1.29, 1.82) is 0 Å². The number of hydrogen-bond donors (Lipinski definition) is 2. The molecule has 7 nitrogen and oxygen atoms in total. The number of amides is 2. The summed E-state index contributed by atoms with van der Waals surface area (Å²) in [5.41, 5.74) is 0.737. The molecule has 1 atom stereocenters. The van der Waals surface area contributed by atoms with E-state index in [4.69, 9.17) is 0 Å². The topological polar surface area (TPSA) is 87.7 Å². The molecule has 1 aromatic rings. The van der Waals surface area contributed by atoms with Crippen molar-refractivity contribution < 1.29 is 19.1 Å². The number of rotatable bonds is 6. The minimum Gasteiger partial charge on any atom is -0.469 e. The second-order valence-corrected chi connectivity index (χ2v) is 6.15. The summed E-state index contributed by atoms with van der Waals surface area (Å²) in [4.78, 5) is 38.5. The second kappa shape index (κ2) is 8.70. The standard InChI is InChI=1S/C16H21N3O4S/c1-23-15(21)9-12-16(22)17-7-8-19(12)10-14(20)18-11-5-3-4-6-13(11)24-2/h3-6,12H,7-10H2,1-2H3,(H,17,22)(H,18,20)/t12-/m1/s1. The van der Waals surface area contributed by atoms with Gasteiger partial charge in [0.1, 0.15) is 6.04 Å². The van der Waals surface area contributed by atoms with Gasteiger partial charge in [-0.05, 0) is 18.4 Å². The van der Waals surface area contributed by atoms with Gasteiger partial charge in [-0.25, -0.2) is 0 Å². The highest BCUT2D eigenvalue weighted by atomic mass is 32.2. The number of ether oxygens (including phenoxy) is 1. The molecule has 1 aliphatic heterocycles. The fourth-order valence-corrected chi connectivity index (χ4v) is 3.09. The number of anilines is 1. The highest BCUT2D eigenvalue weighted by Gasteiger charge is 2.33. The molecule has 1 saturated heterocycles. The lowest BCUT2D eigenvalue weighted by atomic mass is 10.1. The molecule has 1 heterocycles. The summed E-state index contributed by atoms with van der Waals surface area (Å²) in [6, 6.07) is 6.83. The van der Waals surface area contributed by atoms with Crippen molar-refractivity contribution >= 4 is 35.2 Å². The minimum atomic E-state index is -0.687. The van der Waals surface area contributed by atoms with Crippen LogP contribution in [0.5, 0.6) is 0 Å². The maximum absolute atomic E-state index is 12.3. The molecule has 0 radical (unpaired) electrons. The van der Waals surface area contributed by atoms with Gasteiger partial charge in [-0.1, -0.05) is 12.1 Å². The van der Waals surface area contributed by atoms with Crippen molar-refractivity contribution in [1.82, 2.24) is 10.2 Å². The fourth-order valence-electron chi connectivity index (χ4n) is 2.54. The molecule has 2 amide bonds. The lowest BCUT2D eigenvalue weighted by molar-refractivity contribution is -0.146. The van der Waals surface area contributed by atoms with Crippen LogP contribution in [-0.2, 0) is 19.1 Å². The number of methoxy groups -OCH3 is 1.